The number of aliphatic hydroxyl groups excluding tert-OH is 5. The summed E-state index contributed by atoms with van der Waals surface area (Å²) < 4.78 is 10.6. The van der Waals surface area contributed by atoms with Crippen LogP contribution in [0.4, 0.5) is 0 Å². The van der Waals surface area contributed by atoms with E-state index in [0.717, 1.165) is 5.57 Å². The Kier molecular flexibility index (Phi) is 6.26. The second-order valence-corrected chi connectivity index (χ2v) is 6.04. The van der Waals surface area contributed by atoms with Crippen LogP contribution in [0, 0.1) is 11.8 Å². The molecule has 1 aliphatic carbocycles. The molecule has 1 unspecified atom stereocenters. The molecule has 5 N–H and O–H groups in total. The molecule has 8 nitrogen and oxygen atoms in total. The lowest BCUT2D eigenvalue weighted by Gasteiger charge is -2.39. The number of allylic oxidation sites excluding steroid dienone is 1. The van der Waals surface area contributed by atoms with Gasteiger partial charge < -0.3 is 35.0 Å². The standard InChI is InChI=1S/C15H24O8/c1-7-4-10(18)8(9(7)5-16)2-3-22-15-14(21)13(20)12(19)11(6-17)23-15/h4,8-9,11-17,19-21H,2-3,5-6H2,1H3/t8-,9-,11-,12-,13+,14-,15?/m1/s1. The normalized spacial score (nSPS) is 41.2. The third-order valence-electron chi connectivity index (χ3n) is 4.56. The summed E-state index contributed by atoms with van der Waals surface area (Å²) >= 11 is 0. The first-order valence-electron chi connectivity index (χ1n) is 7.65. The molecule has 0 aromatic heterocycles. The Morgan fingerprint density at radius 3 is 2.39 bits per heavy atom. The van der Waals surface area contributed by atoms with E-state index in [2.05, 4.69) is 0 Å². The lowest BCUT2D eigenvalue weighted by Crippen LogP contribution is -2.59. The first-order chi connectivity index (χ1) is 10.9. The summed E-state index contributed by atoms with van der Waals surface area (Å²) in [5.74, 6) is -0.690. The molecule has 0 aromatic rings. The van der Waals surface area contributed by atoms with Crippen LogP contribution < -0.4 is 0 Å². The van der Waals surface area contributed by atoms with Crippen LogP contribution in [0.1, 0.15) is 13.3 Å². The Balaban J connectivity index is 1.87. The van der Waals surface area contributed by atoms with E-state index >= 15 is 0 Å². The minimum absolute atomic E-state index is 0.0662. The number of rotatable bonds is 6. The number of hydrogen-bond acceptors (Lipinski definition) is 8. The number of carbonyl (C=O) groups excluding carboxylic acids is 1. The summed E-state index contributed by atoms with van der Waals surface area (Å²) in [6, 6.07) is 0. The van der Waals surface area contributed by atoms with Crippen molar-refractivity contribution in [3.05, 3.63) is 11.6 Å². The highest BCUT2D eigenvalue weighted by molar-refractivity contribution is 5.95. The molecule has 2 aliphatic rings. The van der Waals surface area contributed by atoms with Crippen LogP contribution in [0.3, 0.4) is 0 Å². The zero-order valence-electron chi connectivity index (χ0n) is 12.9. The minimum Gasteiger partial charge on any atom is -0.396 e. The van der Waals surface area contributed by atoms with E-state index in [4.69, 9.17) is 14.6 Å². The number of aliphatic hydroxyl groups is 5. The highest BCUT2D eigenvalue weighted by Gasteiger charge is 2.44. The van der Waals surface area contributed by atoms with E-state index in [0.29, 0.717) is 6.42 Å². The third-order valence-corrected chi connectivity index (χ3v) is 4.56. The summed E-state index contributed by atoms with van der Waals surface area (Å²) in [5, 5.41) is 47.6. The average Bonchev–Trinajstić information content (AvgIpc) is 2.80. The van der Waals surface area contributed by atoms with Gasteiger partial charge in [0, 0.05) is 11.8 Å². The van der Waals surface area contributed by atoms with E-state index in [1.54, 1.807) is 6.92 Å². The van der Waals surface area contributed by atoms with Gasteiger partial charge in [0.25, 0.3) is 0 Å². The molecule has 0 saturated carbocycles. The molecule has 23 heavy (non-hydrogen) atoms. The Morgan fingerprint density at radius 1 is 1.09 bits per heavy atom. The van der Waals surface area contributed by atoms with Gasteiger partial charge in [-0.05, 0) is 19.4 Å². The van der Waals surface area contributed by atoms with Gasteiger partial charge in [-0.25, -0.2) is 0 Å². The van der Waals surface area contributed by atoms with Crippen LogP contribution in [-0.4, -0.2) is 81.8 Å². The predicted octanol–water partition coefficient (Wildman–Crippen LogP) is -2.05. The summed E-state index contributed by atoms with van der Waals surface area (Å²) in [7, 11) is 0. The van der Waals surface area contributed by atoms with Crippen molar-refractivity contribution < 1.29 is 39.8 Å². The zero-order chi connectivity index (χ0) is 17.1. The summed E-state index contributed by atoms with van der Waals surface area (Å²) in [5.41, 5.74) is 0.829. The van der Waals surface area contributed by atoms with Gasteiger partial charge in [0.15, 0.2) is 12.1 Å². The quantitative estimate of drug-likeness (QED) is 0.375. The third kappa shape index (κ3) is 3.80. The van der Waals surface area contributed by atoms with Crippen molar-refractivity contribution in [1.82, 2.24) is 0 Å². The molecule has 0 spiro atoms. The van der Waals surface area contributed by atoms with Crippen molar-refractivity contribution in [1.29, 1.82) is 0 Å². The number of carbonyl (C=O) groups is 1. The van der Waals surface area contributed by atoms with Crippen molar-refractivity contribution >= 4 is 5.78 Å². The van der Waals surface area contributed by atoms with Crippen LogP contribution in [0.15, 0.2) is 11.6 Å². The molecule has 0 aromatic carbocycles. The number of ether oxygens (including phenoxy) is 2. The molecular formula is C15H24O8. The molecule has 8 heteroatoms. The van der Waals surface area contributed by atoms with Gasteiger partial charge in [-0.15, -0.1) is 0 Å². The maximum atomic E-state index is 11.9. The van der Waals surface area contributed by atoms with Gasteiger partial charge >= 0.3 is 0 Å². The van der Waals surface area contributed by atoms with Gasteiger partial charge in [0.05, 0.1) is 19.8 Å². The lowest BCUT2D eigenvalue weighted by atomic mass is 9.89. The topological polar surface area (TPSA) is 137 Å². The smallest absolute Gasteiger partial charge is 0.186 e. The Hall–Kier alpha value is -0.870. The molecular weight excluding hydrogens is 308 g/mol. The monoisotopic (exact) mass is 332 g/mol. The minimum atomic E-state index is -1.49. The zero-order valence-corrected chi connectivity index (χ0v) is 12.9. The van der Waals surface area contributed by atoms with Crippen LogP contribution in [0.5, 0.6) is 0 Å². The molecule has 2 rings (SSSR count). The average molecular weight is 332 g/mol. The Morgan fingerprint density at radius 2 is 1.78 bits per heavy atom. The highest BCUT2D eigenvalue weighted by Crippen LogP contribution is 2.31. The fourth-order valence-corrected chi connectivity index (χ4v) is 3.09. The predicted molar refractivity (Wildman–Crippen MR) is 77.2 cm³/mol. The van der Waals surface area contributed by atoms with E-state index in [1.165, 1.54) is 6.08 Å². The van der Waals surface area contributed by atoms with Crippen molar-refractivity contribution in [3.8, 4) is 0 Å². The SMILES string of the molecule is CC1=CC(=O)[C@H](CCOC2O[C@H](CO)[C@@H](O)[C@H](O)[C@H]2O)[C@@H]1CO. The molecule has 0 radical (unpaired) electrons. The van der Waals surface area contributed by atoms with Crippen LogP contribution >= 0.6 is 0 Å². The van der Waals surface area contributed by atoms with E-state index in [1.807, 2.05) is 0 Å². The summed E-state index contributed by atoms with van der Waals surface area (Å²) in [4.78, 5) is 11.9. The van der Waals surface area contributed by atoms with Crippen molar-refractivity contribution in [2.75, 3.05) is 19.8 Å². The fourth-order valence-electron chi connectivity index (χ4n) is 3.09. The van der Waals surface area contributed by atoms with Gasteiger partial charge in [0.1, 0.15) is 24.4 Å². The summed E-state index contributed by atoms with van der Waals surface area (Å²) in [6.07, 6.45) is -4.78. The van der Waals surface area contributed by atoms with E-state index < -0.39 is 37.3 Å². The Bertz CT molecular complexity index is 449. The van der Waals surface area contributed by atoms with Crippen LogP contribution in [-0.2, 0) is 14.3 Å². The molecule has 1 heterocycles. The van der Waals surface area contributed by atoms with Crippen molar-refractivity contribution in [2.45, 2.75) is 44.1 Å². The Labute approximate surface area is 134 Å². The van der Waals surface area contributed by atoms with E-state index in [-0.39, 0.29) is 30.8 Å². The largest absolute Gasteiger partial charge is 0.396 e. The van der Waals surface area contributed by atoms with Crippen molar-refractivity contribution in [2.24, 2.45) is 11.8 Å². The lowest BCUT2D eigenvalue weighted by molar-refractivity contribution is -0.301. The molecule has 0 bridgehead atoms. The number of hydrogen-bond donors (Lipinski definition) is 5. The highest BCUT2D eigenvalue weighted by atomic mass is 16.7. The van der Waals surface area contributed by atoms with Crippen molar-refractivity contribution in [3.63, 3.8) is 0 Å². The first-order valence-corrected chi connectivity index (χ1v) is 7.65. The molecule has 7 atom stereocenters. The van der Waals surface area contributed by atoms with Gasteiger partial charge in [0.2, 0.25) is 0 Å². The fraction of sp³-hybridized carbons (Fsp3) is 0.800. The molecule has 0 amide bonds. The second-order valence-electron chi connectivity index (χ2n) is 6.04. The van der Waals surface area contributed by atoms with Gasteiger partial charge in [-0.1, -0.05) is 5.57 Å². The number of ketones is 1. The van der Waals surface area contributed by atoms with Gasteiger partial charge in [-0.2, -0.15) is 0 Å². The molecule has 132 valence electrons. The first kappa shape index (κ1) is 18.5. The molecule has 1 saturated heterocycles. The molecule has 1 aliphatic heterocycles. The van der Waals surface area contributed by atoms with Crippen LogP contribution in [0.25, 0.3) is 0 Å². The second kappa shape index (κ2) is 7.80. The molecule has 1 fully saturated rings. The maximum absolute atomic E-state index is 11.9. The maximum Gasteiger partial charge on any atom is 0.186 e. The summed E-state index contributed by atoms with van der Waals surface area (Å²) in [6.45, 7) is 1.20. The van der Waals surface area contributed by atoms with E-state index in [9.17, 15) is 25.2 Å². The van der Waals surface area contributed by atoms with Crippen LogP contribution in [0.2, 0.25) is 0 Å². The van der Waals surface area contributed by atoms with Gasteiger partial charge in [-0.3, -0.25) is 4.79 Å².